The Morgan fingerprint density at radius 2 is 1.75 bits per heavy atom. The molecule has 0 aliphatic rings. The Labute approximate surface area is 188 Å². The molecule has 0 saturated heterocycles. The number of para-hydroxylation sites is 1. The number of amides is 1. The third kappa shape index (κ3) is 3.08. The van der Waals surface area contributed by atoms with Gasteiger partial charge in [-0.1, -0.05) is 23.5 Å². The summed E-state index contributed by atoms with van der Waals surface area (Å²) in [6.07, 6.45) is 0. The van der Waals surface area contributed by atoms with Crippen molar-refractivity contribution in [3.8, 4) is 11.3 Å². The van der Waals surface area contributed by atoms with E-state index in [1.165, 1.54) is 11.3 Å². The van der Waals surface area contributed by atoms with E-state index in [2.05, 4.69) is 20.5 Å². The van der Waals surface area contributed by atoms with E-state index in [4.69, 9.17) is 4.98 Å². The zero-order valence-electron chi connectivity index (χ0n) is 18.8. The Balaban J connectivity index is 1.66. The lowest BCUT2D eigenvalue weighted by Crippen LogP contribution is -2.13. The van der Waals surface area contributed by atoms with Gasteiger partial charge in [0.15, 0.2) is 10.8 Å². The third-order valence-corrected chi connectivity index (χ3v) is 6.76. The molecule has 8 nitrogen and oxygen atoms in total. The molecule has 0 bridgehead atoms. The van der Waals surface area contributed by atoms with E-state index in [1.807, 2.05) is 70.7 Å². The van der Waals surface area contributed by atoms with Crippen molar-refractivity contribution in [1.29, 1.82) is 0 Å². The van der Waals surface area contributed by atoms with Crippen LogP contribution in [0.15, 0.2) is 24.3 Å². The predicted molar refractivity (Wildman–Crippen MR) is 127 cm³/mol. The molecule has 0 fully saturated rings. The highest BCUT2D eigenvalue weighted by Gasteiger charge is 2.23. The van der Waals surface area contributed by atoms with Crippen LogP contribution >= 0.6 is 11.3 Å². The van der Waals surface area contributed by atoms with Gasteiger partial charge in [-0.15, -0.1) is 0 Å². The number of hydrogen-bond donors (Lipinski definition) is 1. The topological polar surface area (TPSA) is 90.5 Å². The smallest absolute Gasteiger partial charge is 0.258 e. The Morgan fingerprint density at radius 1 is 1.00 bits per heavy atom. The van der Waals surface area contributed by atoms with Gasteiger partial charge in [-0.2, -0.15) is 10.2 Å². The molecular weight excluding hydrogens is 422 g/mol. The van der Waals surface area contributed by atoms with Crippen molar-refractivity contribution in [2.24, 2.45) is 14.1 Å². The Morgan fingerprint density at radius 3 is 2.44 bits per heavy atom. The summed E-state index contributed by atoms with van der Waals surface area (Å²) in [5.41, 5.74) is 7.41. The average Bonchev–Trinajstić information content (AvgIpc) is 3.36. The van der Waals surface area contributed by atoms with Crippen molar-refractivity contribution in [3.63, 3.8) is 0 Å². The zero-order valence-corrected chi connectivity index (χ0v) is 19.6. The van der Waals surface area contributed by atoms with Gasteiger partial charge in [0.25, 0.3) is 5.91 Å². The van der Waals surface area contributed by atoms with E-state index < -0.39 is 0 Å². The molecule has 32 heavy (non-hydrogen) atoms. The summed E-state index contributed by atoms with van der Waals surface area (Å²) in [5, 5.41) is 13.3. The molecule has 0 unspecified atom stereocenters. The highest BCUT2D eigenvalue weighted by Crippen LogP contribution is 2.32. The van der Waals surface area contributed by atoms with E-state index in [1.54, 1.807) is 4.68 Å². The quantitative estimate of drug-likeness (QED) is 0.443. The van der Waals surface area contributed by atoms with E-state index in [9.17, 15) is 4.79 Å². The predicted octanol–water partition coefficient (Wildman–Crippen LogP) is 4.46. The molecule has 1 amide bonds. The average molecular weight is 446 g/mol. The number of benzene rings is 1. The lowest BCUT2D eigenvalue weighted by atomic mass is 10.0. The maximum absolute atomic E-state index is 13.5. The van der Waals surface area contributed by atoms with Crippen molar-refractivity contribution >= 4 is 43.6 Å². The van der Waals surface area contributed by atoms with Crippen LogP contribution in [0.1, 0.15) is 33.0 Å². The number of aryl methyl sites for hydroxylation is 5. The fourth-order valence-electron chi connectivity index (χ4n) is 4.20. The minimum Gasteiger partial charge on any atom is -0.298 e. The summed E-state index contributed by atoms with van der Waals surface area (Å²) < 4.78 is 4.58. The standard InChI is InChI=1S/C23H23N7OS/c1-11-8-7-9-17-20(11)25-23(32-17)26-22(31)15-10-16(18-12(2)27-29(5)14(18)4)24-21-19(15)13(3)28-30(21)6/h7-10H,1-6H3,(H,25,26,31). The summed E-state index contributed by atoms with van der Waals surface area (Å²) in [7, 11) is 3.74. The first kappa shape index (κ1) is 20.3. The first-order valence-electron chi connectivity index (χ1n) is 10.3. The molecule has 0 spiro atoms. The summed E-state index contributed by atoms with van der Waals surface area (Å²) in [5.74, 6) is -0.231. The molecule has 1 aromatic carbocycles. The third-order valence-electron chi connectivity index (χ3n) is 5.82. The molecular formula is C23H23N7OS. The number of thiazole rings is 1. The number of carbonyl (C=O) groups excluding carboxylic acids is 1. The van der Waals surface area contributed by atoms with Gasteiger partial charge in [0.05, 0.1) is 38.2 Å². The number of pyridine rings is 1. The Kier molecular flexibility index (Phi) is 4.59. The normalized spacial score (nSPS) is 11.6. The van der Waals surface area contributed by atoms with Crippen LogP contribution in [-0.4, -0.2) is 35.4 Å². The van der Waals surface area contributed by atoms with Gasteiger partial charge in [-0.25, -0.2) is 9.97 Å². The fourth-order valence-corrected chi connectivity index (χ4v) is 5.14. The molecule has 9 heteroatoms. The molecule has 5 rings (SSSR count). The van der Waals surface area contributed by atoms with Gasteiger partial charge in [0.1, 0.15) is 0 Å². The first-order chi connectivity index (χ1) is 15.2. The van der Waals surface area contributed by atoms with Crippen LogP contribution in [0.5, 0.6) is 0 Å². The fraction of sp³-hybridized carbons (Fsp3) is 0.261. The number of aromatic nitrogens is 6. The van der Waals surface area contributed by atoms with Crippen molar-refractivity contribution in [3.05, 3.63) is 52.5 Å². The molecule has 0 aliphatic carbocycles. The SMILES string of the molecule is Cc1nn(C)c(C)c1-c1cc(C(=O)Nc2nc3c(C)cccc3s2)c2c(C)nn(C)c2n1. The highest BCUT2D eigenvalue weighted by molar-refractivity contribution is 7.22. The van der Waals surface area contributed by atoms with Gasteiger partial charge in [-0.3, -0.25) is 19.5 Å². The van der Waals surface area contributed by atoms with Crippen LogP contribution in [0.2, 0.25) is 0 Å². The first-order valence-corrected chi connectivity index (χ1v) is 11.1. The Bertz CT molecular complexity index is 1540. The molecule has 0 aliphatic heterocycles. The van der Waals surface area contributed by atoms with E-state index >= 15 is 0 Å². The lowest BCUT2D eigenvalue weighted by Gasteiger charge is -2.08. The van der Waals surface area contributed by atoms with Crippen LogP contribution < -0.4 is 5.32 Å². The monoisotopic (exact) mass is 445 g/mol. The minimum absolute atomic E-state index is 0.231. The van der Waals surface area contributed by atoms with E-state index in [-0.39, 0.29) is 5.91 Å². The van der Waals surface area contributed by atoms with Gasteiger partial charge >= 0.3 is 0 Å². The van der Waals surface area contributed by atoms with Crippen molar-refractivity contribution in [1.82, 2.24) is 29.5 Å². The van der Waals surface area contributed by atoms with Gasteiger partial charge in [0.2, 0.25) is 0 Å². The second-order valence-electron chi connectivity index (χ2n) is 8.03. The van der Waals surface area contributed by atoms with Crippen LogP contribution in [0, 0.1) is 27.7 Å². The summed E-state index contributed by atoms with van der Waals surface area (Å²) in [4.78, 5) is 23.0. The largest absolute Gasteiger partial charge is 0.298 e. The second kappa shape index (κ2) is 7.23. The van der Waals surface area contributed by atoms with Crippen LogP contribution in [0.25, 0.3) is 32.5 Å². The number of nitrogens with one attached hydrogen (secondary N) is 1. The molecule has 162 valence electrons. The number of hydrogen-bond acceptors (Lipinski definition) is 6. The molecule has 0 saturated carbocycles. The van der Waals surface area contributed by atoms with Gasteiger partial charge < -0.3 is 0 Å². The van der Waals surface area contributed by atoms with Crippen molar-refractivity contribution in [2.75, 3.05) is 5.32 Å². The molecule has 4 aromatic heterocycles. The molecule has 1 N–H and O–H groups in total. The summed E-state index contributed by atoms with van der Waals surface area (Å²) >= 11 is 1.47. The molecule has 0 radical (unpaired) electrons. The zero-order chi connectivity index (χ0) is 22.7. The Hall–Kier alpha value is -3.59. The lowest BCUT2D eigenvalue weighted by molar-refractivity contribution is 0.102. The van der Waals surface area contributed by atoms with Crippen molar-refractivity contribution < 1.29 is 4.79 Å². The van der Waals surface area contributed by atoms with Gasteiger partial charge in [0, 0.05) is 25.4 Å². The van der Waals surface area contributed by atoms with Gasteiger partial charge in [-0.05, 0) is 45.4 Å². The molecule has 0 atom stereocenters. The number of fused-ring (bicyclic) bond motifs is 2. The second-order valence-corrected chi connectivity index (χ2v) is 9.06. The number of carbonyl (C=O) groups is 1. The number of nitrogens with zero attached hydrogens (tertiary/aromatic N) is 6. The van der Waals surface area contributed by atoms with E-state index in [0.717, 1.165) is 43.8 Å². The number of anilines is 1. The summed E-state index contributed by atoms with van der Waals surface area (Å²) in [6, 6.07) is 7.86. The molecule has 5 aromatic rings. The maximum atomic E-state index is 13.5. The maximum Gasteiger partial charge on any atom is 0.258 e. The minimum atomic E-state index is -0.231. The summed E-state index contributed by atoms with van der Waals surface area (Å²) in [6.45, 7) is 7.86. The van der Waals surface area contributed by atoms with Crippen molar-refractivity contribution in [2.45, 2.75) is 27.7 Å². The highest BCUT2D eigenvalue weighted by atomic mass is 32.1. The number of rotatable bonds is 3. The van der Waals surface area contributed by atoms with Crippen LogP contribution in [0.3, 0.4) is 0 Å². The van der Waals surface area contributed by atoms with E-state index in [0.29, 0.717) is 22.0 Å². The van der Waals surface area contributed by atoms with Crippen LogP contribution in [0.4, 0.5) is 5.13 Å². The van der Waals surface area contributed by atoms with Crippen LogP contribution in [-0.2, 0) is 14.1 Å². The molecule has 4 heterocycles.